The number of nitro benzene ring substituents is 1. The predicted octanol–water partition coefficient (Wildman–Crippen LogP) is 5.70. The maximum absolute atomic E-state index is 13.1. The number of nitrogens with zero attached hydrogens (tertiary/aromatic N) is 2. The average molecular weight is 501 g/mol. The van der Waals surface area contributed by atoms with E-state index in [9.17, 15) is 19.7 Å². The van der Waals surface area contributed by atoms with Crippen LogP contribution in [-0.2, 0) is 9.53 Å². The minimum atomic E-state index is -0.584. The lowest BCUT2D eigenvalue weighted by atomic mass is 10.1. The van der Waals surface area contributed by atoms with Gasteiger partial charge in [-0.15, -0.1) is 0 Å². The minimum absolute atomic E-state index is 0.133. The van der Waals surface area contributed by atoms with Crippen LogP contribution in [0, 0.1) is 10.1 Å². The van der Waals surface area contributed by atoms with Crippen LogP contribution in [0.4, 0.5) is 11.4 Å². The highest BCUT2D eigenvalue weighted by atomic mass is 35.5. The summed E-state index contributed by atoms with van der Waals surface area (Å²) in [6.45, 7) is 0. The summed E-state index contributed by atoms with van der Waals surface area (Å²) < 4.78 is 10.8. The van der Waals surface area contributed by atoms with Crippen LogP contribution in [-0.4, -0.2) is 28.2 Å². The molecule has 1 aliphatic rings. The van der Waals surface area contributed by atoms with E-state index < -0.39 is 16.8 Å². The van der Waals surface area contributed by atoms with E-state index in [0.717, 1.165) is 11.8 Å². The molecule has 4 rings (SSSR count). The number of methoxy groups -OCH3 is 1. The van der Waals surface area contributed by atoms with Crippen LogP contribution in [0.3, 0.4) is 0 Å². The number of thioether (sulfide) groups is 1. The molecule has 1 aliphatic heterocycles. The van der Waals surface area contributed by atoms with Crippen molar-refractivity contribution in [3.8, 4) is 11.3 Å². The van der Waals surface area contributed by atoms with Gasteiger partial charge in [0.15, 0.2) is 4.32 Å². The van der Waals surface area contributed by atoms with E-state index in [4.69, 9.17) is 33.0 Å². The number of halogens is 1. The number of rotatable bonds is 5. The van der Waals surface area contributed by atoms with Gasteiger partial charge in [0.2, 0.25) is 0 Å². The van der Waals surface area contributed by atoms with Gasteiger partial charge in [0.1, 0.15) is 11.5 Å². The van der Waals surface area contributed by atoms with E-state index >= 15 is 0 Å². The van der Waals surface area contributed by atoms with Gasteiger partial charge in [-0.2, -0.15) is 0 Å². The number of carbonyl (C=O) groups excluding carboxylic acids is 2. The first-order valence-electron chi connectivity index (χ1n) is 9.29. The number of amides is 1. The molecule has 1 fully saturated rings. The second-order valence-electron chi connectivity index (χ2n) is 6.65. The second-order valence-corrected chi connectivity index (χ2v) is 8.73. The highest BCUT2D eigenvalue weighted by molar-refractivity contribution is 8.27. The monoisotopic (exact) mass is 500 g/mol. The van der Waals surface area contributed by atoms with E-state index in [-0.39, 0.29) is 20.6 Å². The summed E-state index contributed by atoms with van der Waals surface area (Å²) in [6, 6.07) is 13.9. The summed E-state index contributed by atoms with van der Waals surface area (Å²) in [4.78, 5) is 37.1. The van der Waals surface area contributed by atoms with E-state index in [1.54, 1.807) is 36.4 Å². The molecule has 11 heteroatoms. The molecule has 0 atom stereocenters. The number of nitro groups is 1. The number of anilines is 1. The normalized spacial score (nSPS) is 14.7. The molecule has 0 bridgehead atoms. The molecule has 166 valence electrons. The smallest absolute Gasteiger partial charge is 0.339 e. The van der Waals surface area contributed by atoms with Gasteiger partial charge < -0.3 is 9.15 Å². The van der Waals surface area contributed by atoms with Crippen LogP contribution >= 0.6 is 35.6 Å². The zero-order chi connectivity index (χ0) is 23.7. The van der Waals surface area contributed by atoms with Crippen molar-refractivity contribution in [3.05, 3.63) is 86.0 Å². The quantitative estimate of drug-likeness (QED) is 0.144. The van der Waals surface area contributed by atoms with E-state index in [1.807, 2.05) is 0 Å². The molecule has 0 aliphatic carbocycles. The number of furan rings is 1. The zero-order valence-corrected chi connectivity index (χ0v) is 19.2. The molecule has 0 spiro atoms. The Labute approximate surface area is 201 Å². The van der Waals surface area contributed by atoms with Gasteiger partial charge in [0, 0.05) is 23.8 Å². The fourth-order valence-corrected chi connectivity index (χ4v) is 4.68. The summed E-state index contributed by atoms with van der Waals surface area (Å²) in [7, 11) is 1.26. The zero-order valence-electron chi connectivity index (χ0n) is 16.8. The summed E-state index contributed by atoms with van der Waals surface area (Å²) in [5.41, 5.74) is 0.881. The Morgan fingerprint density at radius 3 is 2.70 bits per heavy atom. The van der Waals surface area contributed by atoms with Crippen molar-refractivity contribution in [2.75, 3.05) is 12.0 Å². The van der Waals surface area contributed by atoms with Crippen LogP contribution < -0.4 is 4.90 Å². The number of carbonyl (C=O) groups is 2. The third-order valence-electron chi connectivity index (χ3n) is 4.67. The molecule has 0 unspecified atom stereocenters. The molecule has 1 amide bonds. The van der Waals surface area contributed by atoms with E-state index in [0.29, 0.717) is 27.7 Å². The number of hydrogen-bond donors (Lipinski definition) is 0. The molecule has 0 saturated carbocycles. The van der Waals surface area contributed by atoms with Gasteiger partial charge in [-0.05, 0) is 30.3 Å². The van der Waals surface area contributed by atoms with Crippen LogP contribution in [0.25, 0.3) is 17.4 Å². The first kappa shape index (κ1) is 22.7. The Balaban J connectivity index is 1.63. The molecule has 0 radical (unpaired) electrons. The first-order valence-corrected chi connectivity index (χ1v) is 10.9. The average Bonchev–Trinajstić information content (AvgIpc) is 3.37. The Kier molecular flexibility index (Phi) is 6.32. The number of benzene rings is 2. The lowest BCUT2D eigenvalue weighted by Crippen LogP contribution is -2.29. The minimum Gasteiger partial charge on any atom is -0.465 e. The van der Waals surface area contributed by atoms with Crippen LogP contribution in [0.2, 0.25) is 5.02 Å². The van der Waals surface area contributed by atoms with Crippen molar-refractivity contribution in [3.63, 3.8) is 0 Å². The van der Waals surface area contributed by atoms with Gasteiger partial charge >= 0.3 is 5.97 Å². The van der Waals surface area contributed by atoms with Crippen molar-refractivity contribution in [1.82, 2.24) is 0 Å². The van der Waals surface area contributed by atoms with Crippen LogP contribution in [0.15, 0.2) is 63.9 Å². The van der Waals surface area contributed by atoms with Crippen LogP contribution in [0.5, 0.6) is 0 Å². The number of non-ortho nitro benzene ring substituents is 1. The third kappa shape index (κ3) is 4.40. The summed E-state index contributed by atoms with van der Waals surface area (Å²) >= 11 is 12.6. The predicted molar refractivity (Wildman–Crippen MR) is 129 cm³/mol. The lowest BCUT2D eigenvalue weighted by Gasteiger charge is -2.17. The molecule has 1 saturated heterocycles. The van der Waals surface area contributed by atoms with Crippen molar-refractivity contribution < 1.29 is 23.7 Å². The number of hydrogen-bond acceptors (Lipinski definition) is 8. The SMILES string of the molecule is COC(=O)c1ccccc1N1C(=O)/C(=C\c2ccc(-c3ccc([N+](=O)[O-])cc3Cl)o2)SC1=S. The number of esters is 1. The van der Waals surface area contributed by atoms with E-state index in [1.165, 1.54) is 36.3 Å². The summed E-state index contributed by atoms with van der Waals surface area (Å²) in [5, 5.41) is 11.1. The molecule has 2 aromatic carbocycles. The Morgan fingerprint density at radius 1 is 1.24 bits per heavy atom. The third-order valence-corrected chi connectivity index (χ3v) is 6.29. The number of thiocarbonyl (C=S) groups is 1. The lowest BCUT2D eigenvalue weighted by molar-refractivity contribution is -0.384. The van der Waals surface area contributed by atoms with Gasteiger partial charge in [0.05, 0.1) is 33.2 Å². The van der Waals surface area contributed by atoms with Crippen molar-refractivity contribution in [2.24, 2.45) is 0 Å². The molecule has 33 heavy (non-hydrogen) atoms. The standard InChI is InChI=1S/C22H13ClN2O6S2/c1-30-21(27)15-4-2-3-5-17(15)24-20(26)19(33-22(24)32)11-13-7-9-18(31-13)14-8-6-12(25(28)29)10-16(14)23/h2-11H,1H3/b19-11+. The fourth-order valence-electron chi connectivity index (χ4n) is 3.15. The van der Waals surface area contributed by atoms with Crippen molar-refractivity contribution in [1.29, 1.82) is 0 Å². The van der Waals surface area contributed by atoms with Crippen molar-refractivity contribution >= 4 is 69.2 Å². The van der Waals surface area contributed by atoms with Crippen molar-refractivity contribution in [2.45, 2.75) is 0 Å². The molecule has 3 aromatic rings. The first-order chi connectivity index (χ1) is 15.8. The summed E-state index contributed by atoms with van der Waals surface area (Å²) in [6.07, 6.45) is 1.53. The largest absolute Gasteiger partial charge is 0.465 e. The maximum atomic E-state index is 13.1. The van der Waals surface area contributed by atoms with Crippen LogP contribution in [0.1, 0.15) is 16.1 Å². The van der Waals surface area contributed by atoms with Gasteiger partial charge in [-0.3, -0.25) is 19.8 Å². The molecule has 8 nitrogen and oxygen atoms in total. The number of ether oxygens (including phenoxy) is 1. The topological polar surface area (TPSA) is 103 Å². The molecule has 2 heterocycles. The Bertz CT molecular complexity index is 1350. The maximum Gasteiger partial charge on any atom is 0.339 e. The highest BCUT2D eigenvalue weighted by Gasteiger charge is 2.35. The highest BCUT2D eigenvalue weighted by Crippen LogP contribution is 2.38. The van der Waals surface area contributed by atoms with Gasteiger partial charge in [-0.25, -0.2) is 4.79 Å². The fraction of sp³-hybridized carbons (Fsp3) is 0.0455. The summed E-state index contributed by atoms with van der Waals surface area (Å²) in [5.74, 6) is -0.249. The molecule has 0 N–H and O–H groups in total. The molecule has 1 aromatic heterocycles. The Hall–Kier alpha value is -3.47. The molecular weight excluding hydrogens is 488 g/mol. The molecular formula is C22H13ClN2O6S2. The Morgan fingerprint density at radius 2 is 2.00 bits per heavy atom. The van der Waals surface area contributed by atoms with Gasteiger partial charge in [-0.1, -0.05) is 47.7 Å². The second kappa shape index (κ2) is 9.18. The van der Waals surface area contributed by atoms with Gasteiger partial charge in [0.25, 0.3) is 11.6 Å². The number of para-hydroxylation sites is 1. The van der Waals surface area contributed by atoms with E-state index in [2.05, 4.69) is 0 Å².